The topological polar surface area (TPSA) is 83.5 Å². The van der Waals surface area contributed by atoms with Crippen molar-refractivity contribution in [2.24, 2.45) is 0 Å². The fraction of sp³-hybridized carbons (Fsp3) is 0.321. The fourth-order valence-corrected chi connectivity index (χ4v) is 4.15. The van der Waals surface area contributed by atoms with Crippen LogP contribution in [0.1, 0.15) is 23.6 Å². The minimum Gasteiger partial charge on any atom is -0.450 e. The average Bonchev–Trinajstić information content (AvgIpc) is 3.12. The molecule has 184 valence electrons. The summed E-state index contributed by atoms with van der Waals surface area (Å²) >= 11 is 0. The van der Waals surface area contributed by atoms with Gasteiger partial charge >= 0.3 is 6.16 Å². The van der Waals surface area contributed by atoms with Crippen molar-refractivity contribution >= 4 is 6.16 Å². The highest BCUT2D eigenvalue weighted by Crippen LogP contribution is 2.37. The lowest BCUT2D eigenvalue weighted by molar-refractivity contribution is -0.236. The van der Waals surface area contributed by atoms with E-state index in [4.69, 9.17) is 23.7 Å². The van der Waals surface area contributed by atoms with E-state index in [-0.39, 0.29) is 13.2 Å². The van der Waals surface area contributed by atoms with Gasteiger partial charge in [-0.2, -0.15) is 0 Å². The van der Waals surface area contributed by atoms with E-state index in [9.17, 15) is 9.90 Å². The van der Waals surface area contributed by atoms with E-state index in [2.05, 4.69) is 0 Å². The Kier molecular flexibility index (Phi) is 8.50. The minimum atomic E-state index is -1.57. The van der Waals surface area contributed by atoms with Crippen LogP contribution in [0.4, 0.5) is 4.79 Å². The molecule has 7 nitrogen and oxygen atoms in total. The molecule has 3 aromatic carbocycles. The molecule has 1 unspecified atom stereocenters. The Bertz CT molecular complexity index is 1040. The first-order valence-corrected chi connectivity index (χ1v) is 11.6. The van der Waals surface area contributed by atoms with Gasteiger partial charge in [-0.3, -0.25) is 0 Å². The van der Waals surface area contributed by atoms with Crippen LogP contribution in [0.3, 0.4) is 0 Å². The Hall–Kier alpha value is -3.23. The molecule has 1 saturated heterocycles. The van der Waals surface area contributed by atoms with E-state index in [1.807, 2.05) is 91.0 Å². The maximum Gasteiger partial charge on any atom is 0.508 e. The van der Waals surface area contributed by atoms with Crippen molar-refractivity contribution in [1.82, 2.24) is 0 Å². The molecule has 1 N–H and O–H groups in total. The second-order valence-corrected chi connectivity index (χ2v) is 8.52. The van der Waals surface area contributed by atoms with Crippen LogP contribution in [0.2, 0.25) is 0 Å². The van der Waals surface area contributed by atoms with Gasteiger partial charge in [-0.25, -0.2) is 4.79 Å². The van der Waals surface area contributed by atoms with Crippen molar-refractivity contribution < 1.29 is 33.6 Å². The normalized spacial score (nSPS) is 23.7. The first kappa shape index (κ1) is 24.9. The van der Waals surface area contributed by atoms with Crippen LogP contribution in [-0.2, 0) is 43.5 Å². The zero-order valence-electron chi connectivity index (χ0n) is 19.6. The third kappa shape index (κ3) is 6.90. The van der Waals surface area contributed by atoms with Gasteiger partial charge in [0.15, 0.2) is 6.10 Å². The number of carboxylic acid groups (broad SMARTS) is 1. The number of benzene rings is 3. The standard InChI is InChI=1S/C28H30O7/c1-28(35-27(29)30)26(33-19-23-15-9-4-10-16-23)25(32-18-22-13-7-3-8-14-22)24(34-28)20-31-17-21-11-5-2-6-12-21/h2-16,24-26H,17-20H2,1H3,(H,29,30)/t24-,25-,26-,28?/m1/s1. The predicted octanol–water partition coefficient (Wildman–Crippen LogP) is 5.18. The summed E-state index contributed by atoms with van der Waals surface area (Å²) in [5.74, 6) is -1.57. The molecule has 0 aromatic heterocycles. The van der Waals surface area contributed by atoms with Crippen LogP contribution in [0.25, 0.3) is 0 Å². The van der Waals surface area contributed by atoms with E-state index < -0.39 is 30.3 Å². The molecule has 3 aromatic rings. The number of ether oxygens (including phenoxy) is 5. The molecule has 0 bridgehead atoms. The first-order chi connectivity index (χ1) is 17.0. The second kappa shape index (κ2) is 12.0. The maximum atomic E-state index is 11.5. The predicted molar refractivity (Wildman–Crippen MR) is 129 cm³/mol. The molecule has 0 aliphatic carbocycles. The van der Waals surface area contributed by atoms with Crippen molar-refractivity contribution in [2.45, 2.75) is 50.8 Å². The summed E-state index contributed by atoms with van der Waals surface area (Å²) < 4.78 is 29.8. The van der Waals surface area contributed by atoms with Crippen LogP contribution < -0.4 is 0 Å². The van der Waals surface area contributed by atoms with E-state index in [1.165, 1.54) is 0 Å². The highest BCUT2D eigenvalue weighted by Gasteiger charge is 2.57. The van der Waals surface area contributed by atoms with E-state index in [0.717, 1.165) is 16.7 Å². The molecule has 1 fully saturated rings. The summed E-state index contributed by atoms with van der Waals surface area (Å²) in [7, 11) is 0. The molecule has 1 aliphatic heterocycles. The molecular weight excluding hydrogens is 448 g/mol. The Morgan fingerprint density at radius 3 is 1.80 bits per heavy atom. The molecule has 4 rings (SSSR count). The molecule has 1 heterocycles. The number of hydrogen-bond donors (Lipinski definition) is 1. The first-order valence-electron chi connectivity index (χ1n) is 11.6. The molecule has 1 aliphatic rings. The lowest BCUT2D eigenvalue weighted by atomic mass is 10.1. The smallest absolute Gasteiger partial charge is 0.450 e. The number of carbonyl (C=O) groups is 1. The van der Waals surface area contributed by atoms with E-state index in [1.54, 1.807) is 6.92 Å². The van der Waals surface area contributed by atoms with E-state index >= 15 is 0 Å². The Balaban J connectivity index is 1.52. The van der Waals surface area contributed by atoms with Gasteiger partial charge in [0.1, 0.15) is 12.2 Å². The summed E-state index contributed by atoms with van der Waals surface area (Å²) in [5.41, 5.74) is 2.94. The molecule has 0 saturated carbocycles. The van der Waals surface area contributed by atoms with Crippen molar-refractivity contribution in [3.8, 4) is 0 Å². The third-order valence-electron chi connectivity index (χ3n) is 5.81. The van der Waals surface area contributed by atoms with Gasteiger partial charge in [0.05, 0.1) is 26.4 Å². The quantitative estimate of drug-likeness (QED) is 0.380. The van der Waals surface area contributed by atoms with Gasteiger partial charge in [-0.15, -0.1) is 0 Å². The SMILES string of the molecule is CC1(OC(=O)O)O[C@H](COCc2ccccc2)[C@@H](OCc2ccccc2)[C@H]1OCc1ccccc1. The highest BCUT2D eigenvalue weighted by molar-refractivity contribution is 5.57. The maximum absolute atomic E-state index is 11.5. The summed E-state index contributed by atoms with van der Waals surface area (Å²) in [6, 6.07) is 29.1. The van der Waals surface area contributed by atoms with Gasteiger partial charge in [-0.1, -0.05) is 91.0 Å². The van der Waals surface area contributed by atoms with Crippen molar-refractivity contribution in [3.63, 3.8) is 0 Å². The van der Waals surface area contributed by atoms with Gasteiger partial charge in [0.25, 0.3) is 0 Å². The number of hydrogen-bond acceptors (Lipinski definition) is 6. The van der Waals surface area contributed by atoms with Crippen LogP contribution in [-0.4, -0.2) is 42.0 Å². The van der Waals surface area contributed by atoms with Gasteiger partial charge in [0.2, 0.25) is 5.79 Å². The lowest BCUT2D eigenvalue weighted by Crippen LogP contribution is -2.46. The molecule has 4 atom stereocenters. The molecule has 0 amide bonds. The van der Waals surface area contributed by atoms with Gasteiger partial charge < -0.3 is 28.8 Å². The van der Waals surface area contributed by atoms with E-state index in [0.29, 0.717) is 13.2 Å². The lowest BCUT2D eigenvalue weighted by Gasteiger charge is -2.30. The van der Waals surface area contributed by atoms with Crippen LogP contribution in [0.5, 0.6) is 0 Å². The molecule has 35 heavy (non-hydrogen) atoms. The third-order valence-corrected chi connectivity index (χ3v) is 5.81. The summed E-state index contributed by atoms with van der Waals surface area (Å²) in [4.78, 5) is 11.5. The average molecular weight is 479 g/mol. The van der Waals surface area contributed by atoms with Gasteiger partial charge in [0, 0.05) is 6.92 Å². The summed E-state index contributed by atoms with van der Waals surface area (Å²) in [5, 5.41) is 9.42. The Morgan fingerprint density at radius 1 is 0.800 bits per heavy atom. The minimum absolute atomic E-state index is 0.179. The second-order valence-electron chi connectivity index (χ2n) is 8.52. The number of rotatable bonds is 11. The Morgan fingerprint density at radius 2 is 1.29 bits per heavy atom. The summed E-state index contributed by atoms with van der Waals surface area (Å²) in [6.45, 7) is 2.68. The largest absolute Gasteiger partial charge is 0.508 e. The summed E-state index contributed by atoms with van der Waals surface area (Å²) in [6.07, 6.45) is -3.49. The van der Waals surface area contributed by atoms with Crippen molar-refractivity contribution in [2.75, 3.05) is 6.61 Å². The van der Waals surface area contributed by atoms with Crippen molar-refractivity contribution in [3.05, 3.63) is 108 Å². The zero-order chi connectivity index (χ0) is 24.5. The van der Waals surface area contributed by atoms with Crippen LogP contribution in [0, 0.1) is 0 Å². The molecule has 0 radical (unpaired) electrons. The fourth-order valence-electron chi connectivity index (χ4n) is 4.15. The molecular formula is C28H30O7. The molecule has 0 spiro atoms. The zero-order valence-corrected chi connectivity index (χ0v) is 19.6. The van der Waals surface area contributed by atoms with Crippen LogP contribution >= 0.6 is 0 Å². The molecule has 7 heteroatoms. The Labute approximate surface area is 205 Å². The highest BCUT2D eigenvalue weighted by atomic mass is 16.8. The van der Waals surface area contributed by atoms with Crippen molar-refractivity contribution in [1.29, 1.82) is 0 Å². The van der Waals surface area contributed by atoms with Gasteiger partial charge in [-0.05, 0) is 16.7 Å². The van der Waals surface area contributed by atoms with Crippen LogP contribution in [0.15, 0.2) is 91.0 Å². The monoisotopic (exact) mass is 478 g/mol.